The number of carbonyl (C=O) groups is 2. The van der Waals surface area contributed by atoms with Gasteiger partial charge in [-0.1, -0.05) is 49.4 Å². The molecule has 2 aromatic rings. The lowest BCUT2D eigenvalue weighted by Crippen LogP contribution is -2.15. The van der Waals surface area contributed by atoms with Crippen LogP contribution in [0.25, 0.3) is 0 Å². The van der Waals surface area contributed by atoms with E-state index in [9.17, 15) is 14.7 Å². The highest BCUT2D eigenvalue weighted by atomic mass is 16.5. The van der Waals surface area contributed by atoms with E-state index in [0.29, 0.717) is 0 Å². The zero-order valence-electron chi connectivity index (χ0n) is 11.9. The summed E-state index contributed by atoms with van der Waals surface area (Å²) < 4.78 is 5.05. The van der Waals surface area contributed by atoms with Gasteiger partial charge in [0, 0.05) is 11.5 Å². The Kier molecular flexibility index (Phi) is 4.38. The second-order valence-electron chi connectivity index (χ2n) is 4.68. The van der Waals surface area contributed by atoms with Gasteiger partial charge in [-0.2, -0.15) is 0 Å². The molecular weight excluding hydrogens is 268 g/mol. The average Bonchev–Trinajstić information content (AvgIpc) is 2.53. The fourth-order valence-corrected chi connectivity index (χ4v) is 2.25. The van der Waals surface area contributed by atoms with Crippen LogP contribution >= 0.6 is 0 Å². The number of rotatable bonds is 5. The third kappa shape index (κ3) is 2.94. The molecule has 0 aliphatic carbocycles. The van der Waals surface area contributed by atoms with Crippen LogP contribution in [0.4, 0.5) is 0 Å². The summed E-state index contributed by atoms with van der Waals surface area (Å²) in [5, 5.41) is 9.35. The quantitative estimate of drug-likeness (QED) is 0.855. The Morgan fingerprint density at radius 2 is 1.71 bits per heavy atom. The highest BCUT2D eigenvalue weighted by Gasteiger charge is 2.25. The Morgan fingerprint density at radius 3 is 2.29 bits per heavy atom. The summed E-state index contributed by atoms with van der Waals surface area (Å²) in [4.78, 5) is 24.1. The number of hydrogen-bond donors (Lipinski definition) is 1. The molecule has 108 valence electrons. The monoisotopic (exact) mass is 284 g/mol. The van der Waals surface area contributed by atoms with Gasteiger partial charge >= 0.3 is 5.97 Å². The Bertz CT molecular complexity index is 662. The van der Waals surface area contributed by atoms with Crippen molar-refractivity contribution >= 4 is 11.8 Å². The number of aromatic carboxylic acids is 1. The first kappa shape index (κ1) is 14.8. The predicted molar refractivity (Wildman–Crippen MR) is 79.1 cm³/mol. The van der Waals surface area contributed by atoms with Gasteiger partial charge < -0.3 is 9.84 Å². The second kappa shape index (κ2) is 6.22. The maximum atomic E-state index is 12.6. The van der Waals surface area contributed by atoms with E-state index in [4.69, 9.17) is 4.74 Å². The lowest BCUT2D eigenvalue weighted by Gasteiger charge is -2.14. The minimum Gasteiger partial charge on any atom is -0.496 e. The van der Waals surface area contributed by atoms with E-state index in [2.05, 4.69) is 0 Å². The summed E-state index contributed by atoms with van der Waals surface area (Å²) in [5.74, 6) is -1.64. The maximum Gasteiger partial charge on any atom is 0.340 e. The van der Waals surface area contributed by atoms with Crippen molar-refractivity contribution in [2.45, 2.75) is 12.8 Å². The largest absolute Gasteiger partial charge is 0.496 e. The van der Waals surface area contributed by atoms with Crippen molar-refractivity contribution in [1.29, 1.82) is 0 Å². The SMILES string of the molecule is COc1cccc(C(=O)C(C)c2ccccc2)c1C(=O)O. The molecule has 0 bridgehead atoms. The number of methoxy groups -OCH3 is 1. The van der Waals surface area contributed by atoms with Crippen LogP contribution in [0.2, 0.25) is 0 Å². The van der Waals surface area contributed by atoms with Gasteiger partial charge in [-0.25, -0.2) is 4.79 Å². The van der Waals surface area contributed by atoms with E-state index in [1.165, 1.54) is 19.2 Å². The van der Waals surface area contributed by atoms with Crippen LogP contribution in [0.3, 0.4) is 0 Å². The van der Waals surface area contributed by atoms with Gasteiger partial charge in [-0.15, -0.1) is 0 Å². The molecule has 1 N–H and O–H groups in total. The van der Waals surface area contributed by atoms with Crippen molar-refractivity contribution < 1.29 is 19.4 Å². The Balaban J connectivity index is 2.47. The number of benzene rings is 2. The maximum absolute atomic E-state index is 12.6. The van der Waals surface area contributed by atoms with Gasteiger partial charge in [0.15, 0.2) is 5.78 Å². The fourth-order valence-electron chi connectivity index (χ4n) is 2.25. The molecule has 0 amide bonds. The molecule has 0 saturated carbocycles. The first-order valence-electron chi connectivity index (χ1n) is 6.55. The first-order valence-corrected chi connectivity index (χ1v) is 6.55. The predicted octanol–water partition coefficient (Wildman–Crippen LogP) is 3.38. The molecule has 0 aliphatic heterocycles. The highest BCUT2D eigenvalue weighted by Crippen LogP contribution is 2.27. The van der Waals surface area contributed by atoms with Crippen molar-refractivity contribution in [3.8, 4) is 5.75 Å². The van der Waals surface area contributed by atoms with Gasteiger partial charge in [-0.3, -0.25) is 4.79 Å². The summed E-state index contributed by atoms with van der Waals surface area (Å²) >= 11 is 0. The molecule has 0 aliphatic rings. The van der Waals surface area contributed by atoms with Gasteiger partial charge in [0.2, 0.25) is 0 Å². The number of hydrogen-bond acceptors (Lipinski definition) is 3. The van der Waals surface area contributed by atoms with Gasteiger partial charge in [0.1, 0.15) is 11.3 Å². The second-order valence-corrected chi connectivity index (χ2v) is 4.68. The van der Waals surface area contributed by atoms with Gasteiger partial charge in [-0.05, 0) is 11.6 Å². The molecular formula is C17H16O4. The van der Waals surface area contributed by atoms with Crippen molar-refractivity contribution in [3.63, 3.8) is 0 Å². The van der Waals surface area contributed by atoms with Crippen LogP contribution in [0.5, 0.6) is 5.75 Å². The van der Waals surface area contributed by atoms with Crippen molar-refractivity contribution in [2.24, 2.45) is 0 Å². The number of ether oxygens (including phenoxy) is 1. The zero-order chi connectivity index (χ0) is 15.4. The Morgan fingerprint density at radius 1 is 1.05 bits per heavy atom. The van der Waals surface area contributed by atoms with E-state index in [-0.39, 0.29) is 22.7 Å². The van der Waals surface area contributed by atoms with Gasteiger partial charge in [0.25, 0.3) is 0 Å². The molecule has 1 atom stereocenters. The topological polar surface area (TPSA) is 63.6 Å². The van der Waals surface area contributed by atoms with Gasteiger partial charge in [0.05, 0.1) is 7.11 Å². The van der Waals surface area contributed by atoms with E-state index in [0.717, 1.165) is 5.56 Å². The minimum absolute atomic E-state index is 0.0900. The first-order chi connectivity index (χ1) is 10.1. The third-order valence-electron chi connectivity index (χ3n) is 3.42. The number of carbonyl (C=O) groups excluding carboxylic acids is 1. The molecule has 1 unspecified atom stereocenters. The molecule has 0 spiro atoms. The molecule has 0 heterocycles. The van der Waals surface area contributed by atoms with Crippen LogP contribution in [0, 0.1) is 0 Å². The molecule has 0 fully saturated rings. The molecule has 2 rings (SSSR count). The van der Waals surface area contributed by atoms with Crippen molar-refractivity contribution in [3.05, 3.63) is 65.2 Å². The summed E-state index contributed by atoms with van der Waals surface area (Å²) in [5.41, 5.74) is 0.924. The molecule has 0 aromatic heterocycles. The van der Waals surface area contributed by atoms with Crippen LogP contribution in [0.1, 0.15) is 39.1 Å². The number of carboxylic acid groups (broad SMARTS) is 1. The van der Waals surface area contributed by atoms with Crippen molar-refractivity contribution in [1.82, 2.24) is 0 Å². The third-order valence-corrected chi connectivity index (χ3v) is 3.42. The summed E-state index contributed by atoms with van der Waals surface area (Å²) in [7, 11) is 1.39. The molecule has 2 aromatic carbocycles. The Labute approximate surface area is 123 Å². The lowest BCUT2D eigenvalue weighted by molar-refractivity contribution is 0.0687. The number of carboxylic acids is 1. The summed E-state index contributed by atoms with van der Waals surface area (Å²) in [6, 6.07) is 13.9. The standard InChI is InChI=1S/C17H16O4/c1-11(12-7-4-3-5-8-12)16(18)13-9-6-10-14(21-2)15(13)17(19)20/h3-11H,1-2H3,(H,19,20). The Hall–Kier alpha value is -2.62. The molecule has 21 heavy (non-hydrogen) atoms. The molecule has 4 heteroatoms. The average molecular weight is 284 g/mol. The highest BCUT2D eigenvalue weighted by molar-refractivity contribution is 6.09. The number of ketones is 1. The van der Waals surface area contributed by atoms with E-state index in [1.54, 1.807) is 13.0 Å². The minimum atomic E-state index is -1.17. The summed E-state index contributed by atoms with van der Waals surface area (Å²) in [6.45, 7) is 1.77. The van der Waals surface area contributed by atoms with E-state index < -0.39 is 11.9 Å². The van der Waals surface area contributed by atoms with Crippen LogP contribution < -0.4 is 4.74 Å². The smallest absolute Gasteiger partial charge is 0.340 e. The molecule has 0 radical (unpaired) electrons. The zero-order valence-corrected chi connectivity index (χ0v) is 11.9. The van der Waals surface area contributed by atoms with Crippen molar-refractivity contribution in [2.75, 3.05) is 7.11 Å². The van der Waals surface area contributed by atoms with E-state index >= 15 is 0 Å². The van der Waals surface area contributed by atoms with Crippen LogP contribution in [0.15, 0.2) is 48.5 Å². The molecule has 4 nitrogen and oxygen atoms in total. The van der Waals surface area contributed by atoms with Crippen LogP contribution in [-0.2, 0) is 0 Å². The normalized spacial score (nSPS) is 11.7. The molecule has 0 saturated heterocycles. The van der Waals surface area contributed by atoms with Crippen LogP contribution in [-0.4, -0.2) is 24.0 Å². The summed E-state index contributed by atoms with van der Waals surface area (Å²) in [6.07, 6.45) is 0. The lowest BCUT2D eigenvalue weighted by atomic mass is 9.90. The number of Topliss-reactive ketones (excluding diaryl/α,β-unsaturated/α-hetero) is 1. The van der Waals surface area contributed by atoms with E-state index in [1.807, 2.05) is 30.3 Å². The fraction of sp³-hybridized carbons (Fsp3) is 0.176.